The van der Waals surface area contributed by atoms with Crippen LogP contribution in [0, 0.1) is 0 Å². The molecule has 1 fully saturated rings. The van der Waals surface area contributed by atoms with Crippen LogP contribution in [0.1, 0.15) is 47.4 Å². The summed E-state index contributed by atoms with van der Waals surface area (Å²) >= 11 is 1.19. The quantitative estimate of drug-likeness (QED) is 0.279. The van der Waals surface area contributed by atoms with Crippen molar-refractivity contribution < 1.29 is 37.3 Å². The van der Waals surface area contributed by atoms with Crippen molar-refractivity contribution in [3.63, 3.8) is 0 Å². The molecule has 0 bridgehead atoms. The fraction of sp³-hybridized carbons (Fsp3) is 0.357. The van der Waals surface area contributed by atoms with Crippen LogP contribution in [-0.4, -0.2) is 58.1 Å². The van der Waals surface area contributed by atoms with Crippen LogP contribution in [0.3, 0.4) is 0 Å². The lowest BCUT2D eigenvalue weighted by molar-refractivity contribution is -0.265. The SMILES string of the molecule is COc1cc(C(=O)NC[C@](O)(c2cc3c(c(-c4cccs4)n2)OC[C@]3(C)C(N)=O)C(F)(F)F)cc2cn(C3CC3)nc12. The lowest BCUT2D eigenvalue weighted by Gasteiger charge is -2.31. The number of carbonyl (C=O) groups is 2. The van der Waals surface area contributed by atoms with Gasteiger partial charge in [0.05, 0.1) is 30.3 Å². The van der Waals surface area contributed by atoms with Gasteiger partial charge in [-0.2, -0.15) is 18.3 Å². The third-order valence-electron chi connectivity index (χ3n) is 7.76. The molecule has 1 saturated carbocycles. The van der Waals surface area contributed by atoms with Gasteiger partial charge in [-0.05, 0) is 49.4 Å². The maximum Gasteiger partial charge on any atom is 0.424 e. The fourth-order valence-electron chi connectivity index (χ4n) is 4.96. The second-order valence-electron chi connectivity index (χ2n) is 10.7. The number of hydrogen-bond acceptors (Lipinski definition) is 8. The Labute approximate surface area is 241 Å². The average Bonchev–Trinajstić information content (AvgIpc) is 3.32. The standard InChI is InChI=1S/C28H26F3N5O5S/c1-26(25(32)38)13-41-23-17(26)10-20(34-22(23)19-4-3-7-42-19)27(39,28(29,30)31)12-33-24(37)14-8-15-11-36(16-5-6-16)35-21(15)18(9-14)40-2/h3-4,7-11,16,39H,5-6,12-13H2,1-2H3,(H2,32,38)(H,33,37)/t26-,27-/m0/s1. The third kappa shape index (κ3) is 4.45. The zero-order valence-electron chi connectivity index (χ0n) is 22.5. The minimum atomic E-state index is -5.27. The summed E-state index contributed by atoms with van der Waals surface area (Å²) in [7, 11) is 1.41. The van der Waals surface area contributed by atoms with Crippen molar-refractivity contribution in [2.24, 2.45) is 5.73 Å². The molecular formula is C28H26F3N5O5S. The Morgan fingerprint density at radius 2 is 2.07 bits per heavy atom. The number of carbonyl (C=O) groups excluding carboxylic acids is 2. The first-order valence-corrected chi connectivity index (χ1v) is 13.9. The molecule has 0 unspecified atom stereocenters. The predicted octanol–water partition coefficient (Wildman–Crippen LogP) is 3.82. The smallest absolute Gasteiger partial charge is 0.424 e. The predicted molar refractivity (Wildman–Crippen MR) is 146 cm³/mol. The number of amides is 2. The van der Waals surface area contributed by atoms with Crippen LogP contribution >= 0.6 is 11.3 Å². The molecule has 0 saturated heterocycles. The number of primary amides is 1. The summed E-state index contributed by atoms with van der Waals surface area (Å²) in [6.07, 6.45) is -1.55. The molecule has 1 aliphatic carbocycles. The Morgan fingerprint density at radius 3 is 2.69 bits per heavy atom. The van der Waals surface area contributed by atoms with Gasteiger partial charge in [-0.1, -0.05) is 6.07 Å². The van der Waals surface area contributed by atoms with Crippen LogP contribution in [0.15, 0.2) is 41.9 Å². The van der Waals surface area contributed by atoms with E-state index in [0.29, 0.717) is 15.8 Å². The van der Waals surface area contributed by atoms with E-state index in [1.165, 1.54) is 37.5 Å². The maximum absolute atomic E-state index is 14.6. The van der Waals surface area contributed by atoms with Crippen molar-refractivity contribution in [1.82, 2.24) is 20.1 Å². The molecule has 1 aliphatic heterocycles. The highest BCUT2D eigenvalue weighted by atomic mass is 32.1. The van der Waals surface area contributed by atoms with Gasteiger partial charge in [0.1, 0.15) is 29.0 Å². The average molecular weight is 602 g/mol. The molecule has 2 amide bonds. The van der Waals surface area contributed by atoms with Crippen molar-refractivity contribution in [3.8, 4) is 22.1 Å². The minimum Gasteiger partial charge on any atom is -0.494 e. The van der Waals surface area contributed by atoms with E-state index < -0.39 is 41.2 Å². The number of alkyl halides is 3. The normalized spacial score (nSPS) is 19.7. The topological polar surface area (TPSA) is 142 Å². The second-order valence-corrected chi connectivity index (χ2v) is 11.6. The van der Waals surface area contributed by atoms with Crippen molar-refractivity contribution in [1.29, 1.82) is 0 Å². The summed E-state index contributed by atoms with van der Waals surface area (Å²) in [5.41, 5.74) is 0.351. The second kappa shape index (κ2) is 9.70. The third-order valence-corrected chi connectivity index (χ3v) is 8.64. The number of benzene rings is 1. The number of aliphatic hydroxyl groups is 1. The number of nitrogens with two attached hydrogens (primary N) is 1. The maximum atomic E-state index is 14.6. The van der Waals surface area contributed by atoms with Gasteiger partial charge in [-0.15, -0.1) is 11.3 Å². The molecule has 2 atom stereocenters. The lowest BCUT2D eigenvalue weighted by Crippen LogP contribution is -2.51. The van der Waals surface area contributed by atoms with Gasteiger partial charge < -0.3 is 25.6 Å². The Morgan fingerprint density at radius 1 is 1.31 bits per heavy atom. The first-order chi connectivity index (χ1) is 19.9. The van der Waals surface area contributed by atoms with Crippen molar-refractivity contribution in [3.05, 3.63) is 58.7 Å². The Kier molecular flexibility index (Phi) is 6.46. The Balaban J connectivity index is 1.38. The van der Waals surface area contributed by atoms with E-state index in [0.717, 1.165) is 18.9 Å². The van der Waals surface area contributed by atoms with Crippen LogP contribution in [0.2, 0.25) is 0 Å². The number of aromatic nitrogens is 3. The molecule has 1 aromatic carbocycles. The molecule has 220 valence electrons. The van der Waals surface area contributed by atoms with Gasteiger partial charge in [0.25, 0.3) is 5.91 Å². The number of nitrogens with zero attached hydrogens (tertiary/aromatic N) is 3. The summed E-state index contributed by atoms with van der Waals surface area (Å²) in [5, 5.41) is 20.2. The van der Waals surface area contributed by atoms with E-state index in [-0.39, 0.29) is 41.0 Å². The lowest BCUT2D eigenvalue weighted by atomic mass is 9.82. The number of rotatable bonds is 8. The molecule has 10 nitrogen and oxygen atoms in total. The molecule has 3 aromatic heterocycles. The highest BCUT2D eigenvalue weighted by Gasteiger charge is 2.57. The first-order valence-electron chi connectivity index (χ1n) is 13.0. The summed E-state index contributed by atoms with van der Waals surface area (Å²) < 4.78 is 56.8. The van der Waals surface area contributed by atoms with E-state index in [1.54, 1.807) is 28.4 Å². The molecular weight excluding hydrogens is 575 g/mol. The molecule has 6 rings (SSSR count). The van der Waals surface area contributed by atoms with Crippen LogP contribution in [-0.2, 0) is 15.8 Å². The fourth-order valence-corrected chi connectivity index (χ4v) is 5.67. The van der Waals surface area contributed by atoms with E-state index in [2.05, 4.69) is 15.4 Å². The highest BCUT2D eigenvalue weighted by molar-refractivity contribution is 7.13. The molecule has 0 radical (unpaired) electrons. The van der Waals surface area contributed by atoms with Crippen LogP contribution in [0.4, 0.5) is 13.2 Å². The van der Waals surface area contributed by atoms with E-state index >= 15 is 0 Å². The van der Waals surface area contributed by atoms with Gasteiger partial charge >= 0.3 is 6.18 Å². The molecule has 42 heavy (non-hydrogen) atoms. The van der Waals surface area contributed by atoms with Crippen molar-refractivity contribution in [2.45, 2.75) is 43.0 Å². The zero-order chi connectivity index (χ0) is 30.0. The van der Waals surface area contributed by atoms with Crippen molar-refractivity contribution >= 4 is 34.1 Å². The summed E-state index contributed by atoms with van der Waals surface area (Å²) in [5.74, 6) is -1.28. The number of nitrogens with one attached hydrogen (secondary N) is 1. The Hall–Kier alpha value is -4.17. The monoisotopic (exact) mass is 601 g/mol. The molecule has 14 heteroatoms. The molecule has 4 N–H and O–H groups in total. The minimum absolute atomic E-state index is 0.0233. The van der Waals surface area contributed by atoms with E-state index in [1.807, 2.05) is 0 Å². The number of halogens is 3. The summed E-state index contributed by atoms with van der Waals surface area (Å²) in [4.78, 5) is 30.2. The van der Waals surface area contributed by atoms with Gasteiger partial charge in [0, 0.05) is 22.7 Å². The number of fused-ring (bicyclic) bond motifs is 2. The number of ether oxygens (including phenoxy) is 2. The van der Waals surface area contributed by atoms with E-state index in [9.17, 15) is 27.9 Å². The van der Waals surface area contributed by atoms with Gasteiger partial charge in [0.15, 0.2) is 5.75 Å². The number of pyridine rings is 1. The summed E-state index contributed by atoms with van der Waals surface area (Å²) in [6, 6.07) is 7.44. The molecule has 2 aliphatic rings. The molecule has 4 heterocycles. The molecule has 4 aromatic rings. The number of methoxy groups -OCH3 is 1. The zero-order valence-corrected chi connectivity index (χ0v) is 23.3. The van der Waals surface area contributed by atoms with Crippen LogP contribution in [0.5, 0.6) is 11.5 Å². The van der Waals surface area contributed by atoms with Crippen molar-refractivity contribution in [2.75, 3.05) is 20.3 Å². The molecule has 0 spiro atoms. The van der Waals surface area contributed by atoms with Gasteiger partial charge in [0.2, 0.25) is 11.5 Å². The van der Waals surface area contributed by atoms with Crippen LogP contribution in [0.25, 0.3) is 21.5 Å². The largest absolute Gasteiger partial charge is 0.494 e. The number of hydrogen-bond donors (Lipinski definition) is 3. The van der Waals surface area contributed by atoms with Gasteiger partial charge in [-0.3, -0.25) is 14.3 Å². The highest BCUT2D eigenvalue weighted by Crippen LogP contribution is 2.48. The summed E-state index contributed by atoms with van der Waals surface area (Å²) in [6.45, 7) is -0.0166. The number of thiophene rings is 1. The van der Waals surface area contributed by atoms with E-state index in [4.69, 9.17) is 15.2 Å². The Bertz CT molecular complexity index is 1720. The first kappa shape index (κ1) is 28.0. The van der Waals surface area contributed by atoms with Gasteiger partial charge in [-0.25, -0.2) is 4.98 Å². The van der Waals surface area contributed by atoms with Crippen LogP contribution < -0.4 is 20.5 Å².